The van der Waals surface area contributed by atoms with Crippen molar-refractivity contribution in [2.45, 2.75) is 38.5 Å². The Bertz CT molecular complexity index is 703. The van der Waals surface area contributed by atoms with Crippen molar-refractivity contribution < 1.29 is 9.53 Å². The number of anilines is 1. The number of benzene rings is 1. The van der Waals surface area contributed by atoms with Crippen LogP contribution in [0.1, 0.15) is 24.0 Å². The van der Waals surface area contributed by atoms with Crippen molar-refractivity contribution in [2.24, 2.45) is 0 Å². The molecule has 0 atom stereocenters. The molecule has 1 amide bonds. The van der Waals surface area contributed by atoms with Gasteiger partial charge in [-0.3, -0.25) is 0 Å². The first-order valence-corrected chi connectivity index (χ1v) is 8.34. The second-order valence-corrected chi connectivity index (χ2v) is 6.41. The zero-order chi connectivity index (χ0) is 16.9. The molecule has 1 heterocycles. The van der Waals surface area contributed by atoms with E-state index in [1.54, 1.807) is 6.20 Å². The first-order valence-electron chi connectivity index (χ1n) is 7.96. The van der Waals surface area contributed by atoms with Gasteiger partial charge in [-0.2, -0.15) is 0 Å². The normalized spacial score (nSPS) is 19.2. The van der Waals surface area contributed by atoms with Gasteiger partial charge in [-0.25, -0.2) is 9.78 Å². The second-order valence-electron chi connectivity index (χ2n) is 6.05. The average Bonchev–Trinajstić information content (AvgIpc) is 2.55. The van der Waals surface area contributed by atoms with Crippen LogP contribution in [-0.2, 0) is 11.3 Å². The number of carbonyl (C=O) groups excluding carboxylic acids is 1. The van der Waals surface area contributed by atoms with E-state index in [9.17, 15) is 4.79 Å². The first-order chi connectivity index (χ1) is 11.6. The summed E-state index contributed by atoms with van der Waals surface area (Å²) in [7, 11) is 0. The number of ether oxygens (including phenoxy) is 1. The highest BCUT2D eigenvalue weighted by molar-refractivity contribution is 6.30. The van der Waals surface area contributed by atoms with Crippen LogP contribution in [0, 0.1) is 6.92 Å². The summed E-state index contributed by atoms with van der Waals surface area (Å²) in [5.41, 5.74) is 2.87. The molecule has 2 aromatic rings. The third-order valence-corrected chi connectivity index (χ3v) is 4.45. The summed E-state index contributed by atoms with van der Waals surface area (Å²) in [6.07, 6.45) is 3.08. The minimum absolute atomic E-state index is 0.145. The number of aromatic nitrogens is 1. The molecule has 1 fully saturated rings. The van der Waals surface area contributed by atoms with Crippen molar-refractivity contribution in [3.8, 4) is 0 Å². The molecule has 126 valence electrons. The fourth-order valence-corrected chi connectivity index (χ4v) is 2.76. The quantitative estimate of drug-likeness (QED) is 0.806. The summed E-state index contributed by atoms with van der Waals surface area (Å²) < 4.78 is 5.22. The van der Waals surface area contributed by atoms with Crippen molar-refractivity contribution in [1.82, 2.24) is 10.3 Å². The number of aryl methyl sites for hydroxylation is 1. The summed E-state index contributed by atoms with van der Waals surface area (Å²) in [4.78, 5) is 15.9. The summed E-state index contributed by atoms with van der Waals surface area (Å²) in [5.74, 6) is 0. The molecule has 0 saturated heterocycles. The number of amides is 1. The Labute approximate surface area is 146 Å². The Morgan fingerprint density at radius 2 is 2.04 bits per heavy atom. The molecule has 1 aromatic heterocycles. The first kappa shape index (κ1) is 16.6. The lowest BCUT2D eigenvalue weighted by Crippen LogP contribution is -2.49. The van der Waals surface area contributed by atoms with Gasteiger partial charge in [-0.1, -0.05) is 41.9 Å². The molecule has 0 spiro atoms. The summed E-state index contributed by atoms with van der Waals surface area (Å²) in [5, 5.41) is 6.80. The fraction of sp³-hybridized carbons (Fsp3) is 0.333. The van der Waals surface area contributed by atoms with Crippen LogP contribution in [0.3, 0.4) is 0 Å². The Hall–Kier alpha value is -2.27. The van der Waals surface area contributed by atoms with Crippen LogP contribution < -0.4 is 10.6 Å². The highest BCUT2D eigenvalue weighted by atomic mass is 35.5. The topological polar surface area (TPSA) is 63.2 Å². The van der Waals surface area contributed by atoms with Crippen LogP contribution in [0.15, 0.2) is 42.6 Å². The summed E-state index contributed by atoms with van der Waals surface area (Å²) >= 11 is 5.92. The number of rotatable bonds is 5. The van der Waals surface area contributed by atoms with Crippen molar-refractivity contribution in [2.75, 3.05) is 5.32 Å². The van der Waals surface area contributed by atoms with Crippen molar-refractivity contribution in [3.63, 3.8) is 0 Å². The molecule has 0 aliphatic heterocycles. The van der Waals surface area contributed by atoms with Gasteiger partial charge in [-0.15, -0.1) is 0 Å². The molecule has 6 heteroatoms. The lowest BCUT2D eigenvalue weighted by atomic mass is 9.86. The lowest BCUT2D eigenvalue weighted by Gasteiger charge is -2.36. The highest BCUT2D eigenvalue weighted by Gasteiger charge is 2.30. The van der Waals surface area contributed by atoms with E-state index in [0.717, 1.165) is 29.7 Å². The maximum atomic E-state index is 11.8. The van der Waals surface area contributed by atoms with E-state index in [0.29, 0.717) is 11.2 Å². The predicted octanol–water partition coefficient (Wildman–Crippen LogP) is 3.91. The van der Waals surface area contributed by atoms with Crippen LogP contribution in [0.2, 0.25) is 5.15 Å². The van der Waals surface area contributed by atoms with Gasteiger partial charge >= 0.3 is 6.09 Å². The molecular weight excluding hydrogens is 326 g/mol. The van der Waals surface area contributed by atoms with Gasteiger partial charge in [0.25, 0.3) is 0 Å². The number of hydrogen-bond acceptors (Lipinski definition) is 4. The molecule has 1 aliphatic rings. The minimum Gasteiger partial charge on any atom is -0.445 e. The molecule has 1 saturated carbocycles. The van der Waals surface area contributed by atoms with E-state index in [1.807, 2.05) is 43.3 Å². The third-order valence-electron chi connectivity index (χ3n) is 4.06. The number of halogens is 1. The Morgan fingerprint density at radius 1 is 1.29 bits per heavy atom. The van der Waals surface area contributed by atoms with Gasteiger partial charge in [0, 0.05) is 12.1 Å². The van der Waals surface area contributed by atoms with E-state index in [-0.39, 0.29) is 18.7 Å². The molecule has 5 nitrogen and oxygen atoms in total. The maximum absolute atomic E-state index is 11.8. The molecule has 3 rings (SSSR count). The second kappa shape index (κ2) is 7.53. The Balaban J connectivity index is 1.37. The summed E-state index contributed by atoms with van der Waals surface area (Å²) in [6.45, 7) is 2.21. The van der Waals surface area contributed by atoms with Crippen LogP contribution >= 0.6 is 11.6 Å². The number of nitrogens with zero attached hydrogens (tertiary/aromatic N) is 1. The van der Waals surface area contributed by atoms with Crippen molar-refractivity contribution >= 4 is 23.4 Å². The van der Waals surface area contributed by atoms with Crippen LogP contribution in [0.4, 0.5) is 10.5 Å². The van der Waals surface area contributed by atoms with Gasteiger partial charge in [-0.05, 0) is 37.0 Å². The van der Waals surface area contributed by atoms with E-state index in [2.05, 4.69) is 15.6 Å². The number of hydrogen-bond donors (Lipinski definition) is 2. The lowest BCUT2D eigenvalue weighted by molar-refractivity contribution is 0.129. The van der Waals surface area contributed by atoms with E-state index < -0.39 is 0 Å². The van der Waals surface area contributed by atoms with E-state index >= 15 is 0 Å². The number of nitrogens with one attached hydrogen (secondary N) is 2. The molecule has 1 aromatic carbocycles. The molecular formula is C18H20ClN3O2. The monoisotopic (exact) mass is 345 g/mol. The van der Waals surface area contributed by atoms with Gasteiger partial charge < -0.3 is 15.4 Å². The molecule has 24 heavy (non-hydrogen) atoms. The number of pyridine rings is 1. The fourth-order valence-electron chi connectivity index (χ4n) is 2.66. The number of carbonyl (C=O) groups is 1. The predicted molar refractivity (Wildman–Crippen MR) is 94.2 cm³/mol. The SMILES string of the molecule is Cc1cc(NC2CC(NC(=O)OCc3ccccc3)C2)cnc1Cl. The van der Waals surface area contributed by atoms with E-state index in [4.69, 9.17) is 16.3 Å². The maximum Gasteiger partial charge on any atom is 0.407 e. The molecule has 0 radical (unpaired) electrons. The highest BCUT2D eigenvalue weighted by Crippen LogP contribution is 2.25. The molecule has 0 unspecified atom stereocenters. The zero-order valence-electron chi connectivity index (χ0n) is 13.5. The molecule has 2 N–H and O–H groups in total. The number of alkyl carbamates (subject to hydrolysis) is 1. The standard InChI is InChI=1S/C18H20ClN3O2/c1-12-7-16(10-20-17(12)19)21-14-8-15(9-14)22-18(23)24-11-13-5-3-2-4-6-13/h2-7,10,14-15,21H,8-9,11H2,1H3,(H,22,23). The smallest absolute Gasteiger partial charge is 0.407 e. The van der Waals surface area contributed by atoms with Crippen LogP contribution in [0.25, 0.3) is 0 Å². The summed E-state index contributed by atoms with van der Waals surface area (Å²) in [6, 6.07) is 12.1. The minimum atomic E-state index is -0.369. The molecule has 1 aliphatic carbocycles. The Morgan fingerprint density at radius 3 is 2.75 bits per heavy atom. The van der Waals surface area contributed by atoms with Gasteiger partial charge in [0.1, 0.15) is 11.8 Å². The zero-order valence-corrected chi connectivity index (χ0v) is 14.2. The van der Waals surface area contributed by atoms with Gasteiger partial charge in [0.15, 0.2) is 0 Å². The van der Waals surface area contributed by atoms with Crippen molar-refractivity contribution in [3.05, 3.63) is 58.9 Å². The van der Waals surface area contributed by atoms with Crippen LogP contribution in [-0.4, -0.2) is 23.2 Å². The van der Waals surface area contributed by atoms with E-state index in [1.165, 1.54) is 0 Å². The largest absolute Gasteiger partial charge is 0.445 e. The van der Waals surface area contributed by atoms with Gasteiger partial charge in [0.05, 0.1) is 11.9 Å². The molecule has 0 bridgehead atoms. The Kier molecular flexibility index (Phi) is 5.20. The average molecular weight is 346 g/mol. The van der Waals surface area contributed by atoms with Crippen LogP contribution in [0.5, 0.6) is 0 Å². The van der Waals surface area contributed by atoms with Crippen molar-refractivity contribution in [1.29, 1.82) is 0 Å². The third kappa shape index (κ3) is 4.38. The van der Waals surface area contributed by atoms with Gasteiger partial charge in [0.2, 0.25) is 0 Å².